The molecule has 0 unspecified atom stereocenters. The van der Waals surface area contributed by atoms with Crippen LogP contribution in [0.25, 0.3) is 0 Å². The summed E-state index contributed by atoms with van der Waals surface area (Å²) in [5.74, 6) is -0.562. The Kier molecular flexibility index (Phi) is 6.81. The highest BCUT2D eigenvalue weighted by Gasteiger charge is 2.23. The van der Waals surface area contributed by atoms with E-state index in [1.807, 2.05) is 12.1 Å². The van der Waals surface area contributed by atoms with E-state index in [2.05, 4.69) is 10.0 Å². The van der Waals surface area contributed by atoms with Crippen LogP contribution in [0.15, 0.2) is 41.4 Å². The van der Waals surface area contributed by atoms with E-state index in [4.69, 9.17) is 9.47 Å². The second-order valence-corrected chi connectivity index (χ2v) is 7.88. The molecular weight excluding hydrogens is 386 g/mol. The summed E-state index contributed by atoms with van der Waals surface area (Å²) >= 11 is 0. The van der Waals surface area contributed by atoms with E-state index in [-0.39, 0.29) is 17.1 Å². The molecule has 1 amide bonds. The third-order valence-corrected chi connectivity index (χ3v) is 5.43. The molecule has 1 heterocycles. The van der Waals surface area contributed by atoms with E-state index in [0.29, 0.717) is 5.75 Å². The highest BCUT2D eigenvalue weighted by molar-refractivity contribution is 7.89. The second kappa shape index (κ2) is 8.89. The predicted octanol–water partition coefficient (Wildman–Crippen LogP) is 0.804. The Labute approximate surface area is 163 Å². The topological polar surface area (TPSA) is 116 Å². The van der Waals surface area contributed by atoms with Gasteiger partial charge >= 0.3 is 5.97 Å². The fourth-order valence-electron chi connectivity index (χ4n) is 2.35. The van der Waals surface area contributed by atoms with Crippen LogP contribution in [0.3, 0.4) is 0 Å². The molecule has 1 aromatic carbocycles. The molecular formula is C18H23N3O6S. The number of sulfonamides is 1. The summed E-state index contributed by atoms with van der Waals surface area (Å²) in [6, 6.07) is 8.36. The molecule has 0 aliphatic heterocycles. The van der Waals surface area contributed by atoms with E-state index < -0.39 is 28.0 Å². The van der Waals surface area contributed by atoms with Crippen molar-refractivity contribution in [3.05, 3.63) is 47.8 Å². The molecule has 0 saturated carbocycles. The third-order valence-electron chi connectivity index (χ3n) is 4.05. The van der Waals surface area contributed by atoms with E-state index >= 15 is 0 Å². The van der Waals surface area contributed by atoms with Crippen LogP contribution in [0.1, 0.15) is 23.0 Å². The number of benzene rings is 1. The van der Waals surface area contributed by atoms with Gasteiger partial charge in [-0.15, -0.1) is 0 Å². The zero-order chi connectivity index (χ0) is 20.9. The summed E-state index contributed by atoms with van der Waals surface area (Å²) in [6.07, 6.45) is 0.238. The van der Waals surface area contributed by atoms with E-state index in [9.17, 15) is 18.0 Å². The first kappa shape index (κ1) is 21.5. The highest BCUT2D eigenvalue weighted by Crippen LogP contribution is 2.15. The Morgan fingerprint density at radius 2 is 1.86 bits per heavy atom. The lowest BCUT2D eigenvalue weighted by molar-refractivity contribution is -0.129. The molecule has 1 aromatic heterocycles. The van der Waals surface area contributed by atoms with Gasteiger partial charge in [-0.2, -0.15) is 0 Å². The Hall–Kier alpha value is -2.85. The number of ether oxygens (including phenoxy) is 2. The predicted molar refractivity (Wildman–Crippen MR) is 101 cm³/mol. The van der Waals surface area contributed by atoms with Crippen LogP contribution in [0.5, 0.6) is 5.75 Å². The average Bonchev–Trinajstić information content (AvgIpc) is 3.09. The Bertz CT molecular complexity index is 950. The first-order chi connectivity index (χ1) is 13.2. The Morgan fingerprint density at radius 3 is 2.43 bits per heavy atom. The molecule has 0 aliphatic carbocycles. The summed E-state index contributed by atoms with van der Waals surface area (Å²) in [5.41, 5.74) is 0.876. The largest absolute Gasteiger partial charge is 0.497 e. The minimum absolute atomic E-state index is 0.0172. The molecule has 0 radical (unpaired) electrons. The maximum absolute atomic E-state index is 12.3. The van der Waals surface area contributed by atoms with Gasteiger partial charge < -0.3 is 19.4 Å². The molecule has 9 nitrogen and oxygen atoms in total. The summed E-state index contributed by atoms with van der Waals surface area (Å²) in [5, 5.41) is 2.68. The molecule has 0 spiro atoms. The zero-order valence-electron chi connectivity index (χ0n) is 16.1. The van der Waals surface area contributed by atoms with Crippen molar-refractivity contribution < 1.29 is 27.5 Å². The standard InChI is InChI=1S/C18H23N3O6S/c1-12(17(22)20-10-13-5-7-14(26-4)8-6-13)27-18(23)16-9-15(11-21(16)3)28(24,25)19-2/h5-9,11-12,19H,10H2,1-4H3,(H,20,22)/t12-/m0/s1. The van der Waals surface area contributed by atoms with Gasteiger partial charge in [0.05, 0.1) is 7.11 Å². The number of aryl methyl sites for hydroxylation is 1. The number of carbonyl (C=O) groups excluding carboxylic acids is 2. The summed E-state index contributed by atoms with van der Waals surface area (Å²) in [7, 11) is 0.664. The van der Waals surface area contributed by atoms with E-state index in [1.54, 1.807) is 19.2 Å². The van der Waals surface area contributed by atoms with Crippen molar-refractivity contribution in [2.75, 3.05) is 14.2 Å². The first-order valence-electron chi connectivity index (χ1n) is 8.39. The minimum atomic E-state index is -3.69. The summed E-state index contributed by atoms with van der Waals surface area (Å²) < 4.78 is 37.4. The van der Waals surface area contributed by atoms with Gasteiger partial charge in [-0.05, 0) is 37.7 Å². The number of nitrogens with zero attached hydrogens (tertiary/aromatic N) is 1. The fourth-order valence-corrected chi connectivity index (χ4v) is 3.15. The molecule has 2 aromatic rings. The van der Waals surface area contributed by atoms with Gasteiger partial charge in [0.1, 0.15) is 16.3 Å². The quantitative estimate of drug-likeness (QED) is 0.623. The lowest BCUT2D eigenvalue weighted by Gasteiger charge is -2.14. The number of hydrogen-bond donors (Lipinski definition) is 2. The number of amides is 1. The van der Waals surface area contributed by atoms with Gasteiger partial charge in [0.25, 0.3) is 5.91 Å². The van der Waals surface area contributed by atoms with Gasteiger partial charge in [0.2, 0.25) is 10.0 Å². The lowest BCUT2D eigenvalue weighted by atomic mass is 10.2. The molecule has 0 aliphatic rings. The molecule has 1 atom stereocenters. The lowest BCUT2D eigenvalue weighted by Crippen LogP contribution is -2.35. The van der Waals surface area contributed by atoms with E-state index in [0.717, 1.165) is 5.56 Å². The van der Waals surface area contributed by atoms with Crippen molar-refractivity contribution in [1.82, 2.24) is 14.6 Å². The van der Waals surface area contributed by atoms with Gasteiger partial charge in [-0.1, -0.05) is 12.1 Å². The van der Waals surface area contributed by atoms with Gasteiger partial charge in [-0.25, -0.2) is 17.9 Å². The molecule has 28 heavy (non-hydrogen) atoms. The maximum Gasteiger partial charge on any atom is 0.355 e. The second-order valence-electron chi connectivity index (χ2n) is 5.99. The normalized spacial score (nSPS) is 12.3. The number of nitrogens with one attached hydrogen (secondary N) is 2. The van der Waals surface area contributed by atoms with Crippen molar-refractivity contribution in [2.45, 2.75) is 24.5 Å². The molecule has 0 saturated heterocycles. The zero-order valence-corrected chi connectivity index (χ0v) is 16.9. The van der Waals surface area contributed by atoms with Crippen LogP contribution >= 0.6 is 0 Å². The summed E-state index contributed by atoms with van der Waals surface area (Å²) in [6.45, 7) is 1.70. The monoisotopic (exact) mass is 409 g/mol. The number of methoxy groups -OCH3 is 1. The maximum atomic E-state index is 12.3. The number of aromatic nitrogens is 1. The van der Waals surface area contributed by atoms with Crippen LogP contribution in [0, 0.1) is 0 Å². The Morgan fingerprint density at radius 1 is 1.21 bits per heavy atom. The van der Waals surface area contributed by atoms with Crippen molar-refractivity contribution in [3.63, 3.8) is 0 Å². The third kappa shape index (κ3) is 5.11. The Balaban J connectivity index is 1.96. The number of esters is 1. The number of rotatable bonds is 8. The van der Waals surface area contributed by atoms with Crippen molar-refractivity contribution in [2.24, 2.45) is 7.05 Å². The number of hydrogen-bond acceptors (Lipinski definition) is 6. The number of carbonyl (C=O) groups is 2. The molecule has 2 N–H and O–H groups in total. The summed E-state index contributed by atoms with van der Waals surface area (Å²) in [4.78, 5) is 24.4. The molecule has 10 heteroatoms. The molecule has 152 valence electrons. The molecule has 0 bridgehead atoms. The van der Waals surface area contributed by atoms with Gasteiger partial charge in [-0.3, -0.25) is 4.79 Å². The van der Waals surface area contributed by atoms with Crippen molar-refractivity contribution >= 4 is 21.9 Å². The van der Waals surface area contributed by atoms with Crippen LogP contribution in [-0.4, -0.2) is 45.1 Å². The van der Waals surface area contributed by atoms with Gasteiger partial charge in [0, 0.05) is 19.8 Å². The van der Waals surface area contributed by atoms with Crippen LogP contribution in [-0.2, 0) is 33.1 Å². The minimum Gasteiger partial charge on any atom is -0.497 e. The van der Waals surface area contributed by atoms with Crippen molar-refractivity contribution in [3.8, 4) is 5.75 Å². The van der Waals surface area contributed by atoms with E-state index in [1.165, 1.54) is 37.8 Å². The highest BCUT2D eigenvalue weighted by atomic mass is 32.2. The smallest absolute Gasteiger partial charge is 0.355 e. The average molecular weight is 409 g/mol. The SMILES string of the molecule is CNS(=O)(=O)c1cc(C(=O)O[C@@H](C)C(=O)NCc2ccc(OC)cc2)n(C)c1. The van der Waals surface area contributed by atoms with Crippen LogP contribution in [0.2, 0.25) is 0 Å². The molecule has 2 rings (SSSR count). The fraction of sp³-hybridized carbons (Fsp3) is 0.333. The van der Waals surface area contributed by atoms with Gasteiger partial charge in [0.15, 0.2) is 6.10 Å². The molecule has 0 fully saturated rings. The van der Waals surface area contributed by atoms with Crippen LogP contribution < -0.4 is 14.8 Å². The van der Waals surface area contributed by atoms with Crippen LogP contribution in [0.4, 0.5) is 0 Å². The first-order valence-corrected chi connectivity index (χ1v) is 9.87. The van der Waals surface area contributed by atoms with Crippen molar-refractivity contribution in [1.29, 1.82) is 0 Å².